The van der Waals surface area contributed by atoms with Crippen LogP contribution in [0.3, 0.4) is 0 Å². The van der Waals surface area contributed by atoms with Gasteiger partial charge in [-0.15, -0.1) is 11.3 Å². The van der Waals surface area contributed by atoms with Crippen LogP contribution >= 0.6 is 11.3 Å². The minimum atomic E-state index is 0.728. The van der Waals surface area contributed by atoms with Crippen LogP contribution in [0.4, 0.5) is 11.5 Å². The molecule has 0 saturated carbocycles. The van der Waals surface area contributed by atoms with E-state index in [1.807, 2.05) is 18.2 Å². The number of ether oxygens (including phenoxy) is 2. The second-order valence-electron chi connectivity index (χ2n) is 4.73. The van der Waals surface area contributed by atoms with Crippen LogP contribution in [0.2, 0.25) is 0 Å². The van der Waals surface area contributed by atoms with Gasteiger partial charge in [-0.05, 0) is 12.5 Å². The average molecular weight is 315 g/mol. The molecule has 1 N–H and O–H groups in total. The van der Waals surface area contributed by atoms with Gasteiger partial charge < -0.3 is 14.8 Å². The molecule has 0 unspecified atom stereocenters. The topological polar surface area (TPSA) is 56.3 Å². The number of aryl methyl sites for hydroxylation is 1. The Kier molecular flexibility index (Phi) is 4.11. The Hall–Kier alpha value is -2.34. The Morgan fingerprint density at radius 3 is 2.41 bits per heavy atom. The van der Waals surface area contributed by atoms with Crippen LogP contribution in [0.5, 0.6) is 11.5 Å². The van der Waals surface area contributed by atoms with E-state index in [1.54, 1.807) is 31.9 Å². The number of hydrogen-bond acceptors (Lipinski definition) is 6. The van der Waals surface area contributed by atoms with Crippen molar-refractivity contribution in [2.45, 2.75) is 13.3 Å². The third kappa shape index (κ3) is 2.82. The summed E-state index contributed by atoms with van der Waals surface area (Å²) in [5.41, 5.74) is 0.862. The van der Waals surface area contributed by atoms with Crippen molar-refractivity contribution in [1.29, 1.82) is 0 Å². The van der Waals surface area contributed by atoms with Gasteiger partial charge >= 0.3 is 0 Å². The molecule has 0 atom stereocenters. The molecule has 0 aliphatic carbocycles. The predicted molar refractivity (Wildman–Crippen MR) is 89.6 cm³/mol. The van der Waals surface area contributed by atoms with Crippen LogP contribution in [0.25, 0.3) is 10.2 Å². The van der Waals surface area contributed by atoms with Crippen LogP contribution in [0, 0.1) is 0 Å². The number of fused-ring (bicyclic) bond motifs is 1. The number of methoxy groups -OCH3 is 2. The van der Waals surface area contributed by atoms with E-state index in [0.717, 1.165) is 39.6 Å². The molecule has 0 aliphatic heterocycles. The molecular weight excluding hydrogens is 298 g/mol. The first-order valence-corrected chi connectivity index (χ1v) is 7.78. The summed E-state index contributed by atoms with van der Waals surface area (Å²) in [5.74, 6) is 2.25. The molecular formula is C16H17N3O2S. The highest BCUT2D eigenvalue weighted by Gasteiger charge is 2.09. The second-order valence-corrected chi connectivity index (χ2v) is 5.85. The van der Waals surface area contributed by atoms with Crippen LogP contribution < -0.4 is 14.8 Å². The fraction of sp³-hybridized carbons (Fsp3) is 0.250. The van der Waals surface area contributed by atoms with Crippen molar-refractivity contribution < 1.29 is 9.47 Å². The quantitative estimate of drug-likeness (QED) is 0.771. The van der Waals surface area contributed by atoms with Gasteiger partial charge in [0.15, 0.2) is 0 Å². The lowest BCUT2D eigenvalue weighted by molar-refractivity contribution is 0.395. The number of aromatic nitrogens is 2. The number of thiophene rings is 1. The van der Waals surface area contributed by atoms with Crippen LogP contribution in [0.1, 0.15) is 11.8 Å². The van der Waals surface area contributed by atoms with Crippen LogP contribution in [-0.4, -0.2) is 24.2 Å². The van der Waals surface area contributed by atoms with Gasteiger partial charge in [0.2, 0.25) is 0 Å². The SMILES string of the molecule is CCc1cc2c(Nc3cc(OC)cc(OC)c3)ncnc2s1. The fourth-order valence-corrected chi connectivity index (χ4v) is 3.13. The number of nitrogens with one attached hydrogen (secondary N) is 1. The van der Waals surface area contributed by atoms with Gasteiger partial charge in [-0.25, -0.2) is 9.97 Å². The first-order chi connectivity index (χ1) is 10.7. The van der Waals surface area contributed by atoms with E-state index in [1.165, 1.54) is 4.88 Å². The molecule has 0 aliphatic rings. The lowest BCUT2D eigenvalue weighted by atomic mass is 10.2. The minimum absolute atomic E-state index is 0.728. The average Bonchev–Trinajstić information content (AvgIpc) is 2.99. The highest BCUT2D eigenvalue weighted by atomic mass is 32.1. The molecule has 0 saturated heterocycles. The molecule has 3 aromatic rings. The summed E-state index contributed by atoms with van der Waals surface area (Å²) in [7, 11) is 3.27. The van der Waals surface area contributed by atoms with E-state index in [4.69, 9.17) is 9.47 Å². The summed E-state index contributed by atoms with van der Waals surface area (Å²) < 4.78 is 10.6. The predicted octanol–water partition coefficient (Wildman–Crippen LogP) is 4.01. The lowest BCUT2D eigenvalue weighted by Crippen LogP contribution is -1.96. The maximum absolute atomic E-state index is 5.29. The summed E-state index contributed by atoms with van der Waals surface area (Å²) in [6, 6.07) is 7.79. The Morgan fingerprint density at radius 1 is 1.05 bits per heavy atom. The Labute approximate surface area is 132 Å². The largest absolute Gasteiger partial charge is 0.497 e. The van der Waals surface area contributed by atoms with E-state index in [9.17, 15) is 0 Å². The minimum Gasteiger partial charge on any atom is -0.497 e. The summed E-state index contributed by atoms with van der Waals surface area (Å²) in [6.07, 6.45) is 2.57. The van der Waals surface area contributed by atoms with Gasteiger partial charge in [0, 0.05) is 28.8 Å². The molecule has 1 aromatic carbocycles. The molecule has 0 amide bonds. The van der Waals surface area contributed by atoms with E-state index in [2.05, 4.69) is 28.3 Å². The molecule has 22 heavy (non-hydrogen) atoms. The van der Waals surface area contributed by atoms with Crippen molar-refractivity contribution in [1.82, 2.24) is 9.97 Å². The molecule has 0 radical (unpaired) electrons. The maximum atomic E-state index is 5.29. The van der Waals surface area contributed by atoms with E-state index in [-0.39, 0.29) is 0 Å². The van der Waals surface area contributed by atoms with Gasteiger partial charge in [0.05, 0.1) is 19.6 Å². The Morgan fingerprint density at radius 2 is 1.77 bits per heavy atom. The summed E-state index contributed by atoms with van der Waals surface area (Å²) in [5, 5.41) is 4.36. The van der Waals surface area contributed by atoms with Crippen molar-refractivity contribution in [3.8, 4) is 11.5 Å². The fourth-order valence-electron chi connectivity index (χ4n) is 2.20. The van der Waals surface area contributed by atoms with Gasteiger partial charge in [-0.2, -0.15) is 0 Å². The summed E-state index contributed by atoms with van der Waals surface area (Å²) in [6.45, 7) is 2.14. The maximum Gasteiger partial charge on any atom is 0.142 e. The van der Waals surface area contributed by atoms with E-state index >= 15 is 0 Å². The molecule has 0 fully saturated rings. The number of rotatable bonds is 5. The van der Waals surface area contributed by atoms with E-state index in [0.29, 0.717) is 0 Å². The van der Waals surface area contributed by atoms with Gasteiger partial charge in [-0.1, -0.05) is 6.92 Å². The standard InChI is InChI=1S/C16H17N3O2S/c1-4-13-8-14-15(17-9-18-16(14)22-13)19-10-5-11(20-2)7-12(6-10)21-3/h5-9H,4H2,1-3H3,(H,17,18,19). The molecule has 5 nitrogen and oxygen atoms in total. The molecule has 2 aromatic heterocycles. The summed E-state index contributed by atoms with van der Waals surface area (Å²) >= 11 is 1.70. The molecule has 6 heteroatoms. The highest BCUT2D eigenvalue weighted by molar-refractivity contribution is 7.18. The second kappa shape index (κ2) is 6.19. The molecule has 3 rings (SSSR count). The number of nitrogens with zero attached hydrogens (tertiary/aromatic N) is 2. The molecule has 2 heterocycles. The highest BCUT2D eigenvalue weighted by Crippen LogP contribution is 2.32. The van der Waals surface area contributed by atoms with Crippen LogP contribution in [0.15, 0.2) is 30.6 Å². The van der Waals surface area contributed by atoms with Crippen molar-refractivity contribution in [3.63, 3.8) is 0 Å². The van der Waals surface area contributed by atoms with Crippen molar-refractivity contribution in [2.75, 3.05) is 19.5 Å². The monoisotopic (exact) mass is 315 g/mol. The van der Waals surface area contributed by atoms with Gasteiger partial charge in [0.1, 0.15) is 28.5 Å². The lowest BCUT2D eigenvalue weighted by Gasteiger charge is -2.10. The number of hydrogen-bond donors (Lipinski definition) is 1. The van der Waals surface area contributed by atoms with Crippen molar-refractivity contribution in [3.05, 3.63) is 35.5 Å². The van der Waals surface area contributed by atoms with E-state index < -0.39 is 0 Å². The normalized spacial score (nSPS) is 10.7. The van der Waals surface area contributed by atoms with Crippen LogP contribution in [-0.2, 0) is 6.42 Å². The summed E-state index contributed by atoms with van der Waals surface area (Å²) in [4.78, 5) is 11.0. The van der Waals surface area contributed by atoms with Gasteiger partial charge in [-0.3, -0.25) is 0 Å². The zero-order valence-electron chi connectivity index (χ0n) is 12.7. The first kappa shape index (κ1) is 14.6. The third-order valence-corrected chi connectivity index (χ3v) is 4.53. The van der Waals surface area contributed by atoms with Crippen molar-refractivity contribution in [2.24, 2.45) is 0 Å². The molecule has 114 valence electrons. The zero-order chi connectivity index (χ0) is 15.5. The molecule has 0 bridgehead atoms. The first-order valence-electron chi connectivity index (χ1n) is 6.97. The third-order valence-electron chi connectivity index (χ3n) is 3.34. The number of benzene rings is 1. The Balaban J connectivity index is 2.00. The smallest absolute Gasteiger partial charge is 0.142 e. The van der Waals surface area contributed by atoms with Gasteiger partial charge in [0.25, 0.3) is 0 Å². The number of anilines is 2. The zero-order valence-corrected chi connectivity index (χ0v) is 13.5. The molecule has 0 spiro atoms. The van der Waals surface area contributed by atoms with Crippen molar-refractivity contribution >= 4 is 33.1 Å². The Bertz CT molecular complexity index is 779.